The number of aliphatic carboxylic acids is 1. The highest BCUT2D eigenvalue weighted by Gasteiger charge is 2.14. The van der Waals surface area contributed by atoms with E-state index in [1.165, 1.54) is 11.0 Å². The lowest BCUT2D eigenvalue weighted by Gasteiger charge is -2.19. The van der Waals surface area contributed by atoms with Gasteiger partial charge in [0.25, 0.3) is 0 Å². The summed E-state index contributed by atoms with van der Waals surface area (Å²) in [6, 6.07) is -0.621. The molecule has 0 atom stereocenters. The quantitative estimate of drug-likeness (QED) is 0.529. The molecule has 3 N–H and O–H groups in total. The zero-order chi connectivity index (χ0) is 14.0. The van der Waals surface area contributed by atoms with Gasteiger partial charge in [0.1, 0.15) is 0 Å². The summed E-state index contributed by atoms with van der Waals surface area (Å²) in [5, 5.41) is 19.3. The van der Waals surface area contributed by atoms with Crippen LogP contribution in [0.5, 0.6) is 0 Å². The summed E-state index contributed by atoms with van der Waals surface area (Å²) in [4.78, 5) is 34.3. The van der Waals surface area contributed by atoms with Crippen molar-refractivity contribution in [2.24, 2.45) is 0 Å². The molecule has 0 aromatic carbocycles. The number of amides is 3. The van der Waals surface area contributed by atoms with E-state index in [-0.39, 0.29) is 39.0 Å². The van der Waals surface area contributed by atoms with Crippen LogP contribution in [-0.4, -0.2) is 52.7 Å². The molecular formula is C11H18N2O5. The number of carbonyl (C=O) groups is 3. The fraction of sp³-hybridized carbons (Fsp3) is 0.545. The van der Waals surface area contributed by atoms with Crippen molar-refractivity contribution in [1.82, 2.24) is 10.2 Å². The number of imide groups is 1. The van der Waals surface area contributed by atoms with Crippen LogP contribution in [0.1, 0.15) is 19.3 Å². The van der Waals surface area contributed by atoms with Crippen LogP contribution in [0.4, 0.5) is 4.79 Å². The second-order valence-corrected chi connectivity index (χ2v) is 3.56. The van der Waals surface area contributed by atoms with Crippen molar-refractivity contribution in [2.45, 2.75) is 19.3 Å². The molecule has 0 spiro atoms. The zero-order valence-corrected chi connectivity index (χ0v) is 10.1. The number of nitrogens with zero attached hydrogens (tertiary/aromatic N) is 1. The average Bonchev–Trinajstić information content (AvgIpc) is 2.28. The lowest BCUT2D eigenvalue weighted by atomic mass is 10.2. The molecule has 0 aliphatic carbocycles. The number of carbonyl (C=O) groups excluding carboxylic acids is 2. The van der Waals surface area contributed by atoms with Crippen molar-refractivity contribution in [3.8, 4) is 0 Å². The third-order valence-electron chi connectivity index (χ3n) is 2.05. The summed E-state index contributed by atoms with van der Waals surface area (Å²) in [5.41, 5.74) is 0. The van der Waals surface area contributed by atoms with Crippen molar-refractivity contribution >= 4 is 17.9 Å². The molecule has 3 amide bonds. The molecular weight excluding hydrogens is 240 g/mol. The van der Waals surface area contributed by atoms with Crippen molar-refractivity contribution in [2.75, 3.05) is 19.7 Å². The van der Waals surface area contributed by atoms with E-state index >= 15 is 0 Å². The Kier molecular flexibility index (Phi) is 8.21. The van der Waals surface area contributed by atoms with Crippen LogP contribution in [0.15, 0.2) is 12.7 Å². The van der Waals surface area contributed by atoms with Gasteiger partial charge >= 0.3 is 12.0 Å². The summed E-state index contributed by atoms with van der Waals surface area (Å²) < 4.78 is 0. The molecule has 0 aliphatic heterocycles. The Morgan fingerprint density at radius 3 is 2.44 bits per heavy atom. The van der Waals surface area contributed by atoms with Crippen LogP contribution in [0.25, 0.3) is 0 Å². The molecule has 0 aliphatic rings. The summed E-state index contributed by atoms with van der Waals surface area (Å²) in [6.07, 6.45) is 1.51. The maximum absolute atomic E-state index is 11.5. The van der Waals surface area contributed by atoms with E-state index in [2.05, 4.69) is 11.9 Å². The second-order valence-electron chi connectivity index (χ2n) is 3.56. The summed E-state index contributed by atoms with van der Waals surface area (Å²) in [5.74, 6) is -1.52. The molecule has 0 saturated heterocycles. The number of urea groups is 1. The summed E-state index contributed by atoms with van der Waals surface area (Å²) >= 11 is 0. The van der Waals surface area contributed by atoms with Gasteiger partial charge in [-0.25, -0.2) is 4.79 Å². The van der Waals surface area contributed by atoms with E-state index in [0.29, 0.717) is 0 Å². The van der Waals surface area contributed by atoms with Gasteiger partial charge in [-0.2, -0.15) is 0 Å². The lowest BCUT2D eigenvalue weighted by molar-refractivity contribution is -0.137. The SMILES string of the molecule is C=CCN(CCO)C(=O)NC(=O)CCCC(=O)O. The van der Waals surface area contributed by atoms with Crippen LogP contribution < -0.4 is 5.32 Å². The van der Waals surface area contributed by atoms with Gasteiger partial charge in [-0.15, -0.1) is 6.58 Å². The zero-order valence-electron chi connectivity index (χ0n) is 10.1. The first-order valence-corrected chi connectivity index (χ1v) is 5.53. The molecule has 0 aromatic rings. The van der Waals surface area contributed by atoms with Gasteiger partial charge in [-0.05, 0) is 6.42 Å². The van der Waals surface area contributed by atoms with Gasteiger partial charge in [-0.3, -0.25) is 14.9 Å². The Bertz CT molecular complexity index is 317. The third kappa shape index (κ3) is 7.39. The first kappa shape index (κ1) is 16.1. The minimum atomic E-state index is -0.984. The van der Waals surface area contributed by atoms with Crippen LogP contribution >= 0.6 is 0 Å². The molecule has 0 radical (unpaired) electrons. The van der Waals surface area contributed by atoms with Crippen LogP contribution in [0, 0.1) is 0 Å². The van der Waals surface area contributed by atoms with Gasteiger partial charge in [-0.1, -0.05) is 6.08 Å². The minimum Gasteiger partial charge on any atom is -0.481 e. The fourth-order valence-electron chi connectivity index (χ4n) is 1.21. The molecule has 0 rings (SSSR count). The third-order valence-corrected chi connectivity index (χ3v) is 2.05. The van der Waals surface area contributed by atoms with Crippen molar-refractivity contribution in [3.05, 3.63) is 12.7 Å². The number of hydrogen-bond donors (Lipinski definition) is 3. The molecule has 102 valence electrons. The molecule has 0 saturated carbocycles. The molecule has 0 fully saturated rings. The van der Waals surface area contributed by atoms with Crippen molar-refractivity contribution in [1.29, 1.82) is 0 Å². The van der Waals surface area contributed by atoms with Gasteiger partial charge in [0, 0.05) is 25.9 Å². The molecule has 0 heterocycles. The second kappa shape index (κ2) is 9.17. The Balaban J connectivity index is 4.06. The van der Waals surface area contributed by atoms with E-state index < -0.39 is 17.9 Å². The lowest BCUT2D eigenvalue weighted by Crippen LogP contribution is -2.44. The molecule has 18 heavy (non-hydrogen) atoms. The normalized spacial score (nSPS) is 9.61. The molecule has 7 heteroatoms. The number of nitrogens with one attached hydrogen (secondary N) is 1. The van der Waals surface area contributed by atoms with Crippen LogP contribution in [-0.2, 0) is 9.59 Å². The predicted octanol–water partition coefficient (Wildman–Crippen LogP) is -0.0422. The molecule has 0 bridgehead atoms. The van der Waals surface area contributed by atoms with Gasteiger partial charge in [0.05, 0.1) is 6.61 Å². The van der Waals surface area contributed by atoms with Crippen LogP contribution in [0.2, 0.25) is 0 Å². The number of carboxylic acid groups (broad SMARTS) is 1. The Labute approximate surface area is 105 Å². The monoisotopic (exact) mass is 258 g/mol. The highest BCUT2D eigenvalue weighted by Crippen LogP contribution is 1.96. The highest BCUT2D eigenvalue weighted by molar-refractivity contribution is 5.94. The first-order chi connectivity index (χ1) is 8.51. The van der Waals surface area contributed by atoms with Gasteiger partial charge in [0.2, 0.25) is 5.91 Å². The smallest absolute Gasteiger partial charge is 0.324 e. The highest BCUT2D eigenvalue weighted by atomic mass is 16.4. The van der Waals surface area contributed by atoms with E-state index in [4.69, 9.17) is 10.2 Å². The van der Waals surface area contributed by atoms with Crippen molar-refractivity contribution in [3.63, 3.8) is 0 Å². The summed E-state index contributed by atoms with van der Waals surface area (Å²) in [6.45, 7) is 3.56. The predicted molar refractivity (Wildman–Crippen MR) is 63.9 cm³/mol. The minimum absolute atomic E-state index is 0.0287. The largest absolute Gasteiger partial charge is 0.481 e. The Hall–Kier alpha value is -1.89. The average molecular weight is 258 g/mol. The number of rotatable bonds is 8. The first-order valence-electron chi connectivity index (χ1n) is 5.53. The van der Waals surface area contributed by atoms with Crippen LogP contribution in [0.3, 0.4) is 0 Å². The topological polar surface area (TPSA) is 107 Å². The van der Waals surface area contributed by atoms with E-state index in [0.717, 1.165) is 0 Å². The van der Waals surface area contributed by atoms with E-state index in [9.17, 15) is 14.4 Å². The Morgan fingerprint density at radius 2 is 1.94 bits per heavy atom. The number of hydrogen-bond acceptors (Lipinski definition) is 4. The van der Waals surface area contributed by atoms with E-state index in [1.807, 2.05) is 0 Å². The maximum atomic E-state index is 11.5. The maximum Gasteiger partial charge on any atom is 0.324 e. The van der Waals surface area contributed by atoms with Crippen molar-refractivity contribution < 1.29 is 24.6 Å². The van der Waals surface area contributed by atoms with Gasteiger partial charge < -0.3 is 15.1 Å². The Morgan fingerprint density at radius 1 is 1.28 bits per heavy atom. The molecule has 7 nitrogen and oxygen atoms in total. The molecule has 0 unspecified atom stereocenters. The number of aliphatic hydroxyl groups is 1. The van der Waals surface area contributed by atoms with Gasteiger partial charge in [0.15, 0.2) is 0 Å². The number of carboxylic acids is 1. The standard InChI is InChI=1S/C11H18N2O5/c1-2-6-13(7-8-14)11(18)12-9(15)4-3-5-10(16)17/h2,14H,1,3-8H2,(H,16,17)(H,12,15,18). The number of aliphatic hydroxyl groups excluding tert-OH is 1. The fourth-order valence-corrected chi connectivity index (χ4v) is 1.21. The summed E-state index contributed by atoms with van der Waals surface area (Å²) in [7, 11) is 0. The van der Waals surface area contributed by atoms with E-state index in [1.54, 1.807) is 0 Å². The molecule has 0 aromatic heterocycles.